The summed E-state index contributed by atoms with van der Waals surface area (Å²) in [7, 11) is 0. The number of hydrazone groups is 1. The predicted molar refractivity (Wildman–Crippen MR) is 88.3 cm³/mol. The van der Waals surface area contributed by atoms with E-state index in [0.717, 1.165) is 0 Å². The summed E-state index contributed by atoms with van der Waals surface area (Å²) in [5.41, 5.74) is 3.26. The molecule has 2 aromatic rings. The van der Waals surface area contributed by atoms with E-state index in [1.54, 1.807) is 13.0 Å². The van der Waals surface area contributed by atoms with Crippen LogP contribution in [0.5, 0.6) is 5.75 Å². The first-order chi connectivity index (χ1) is 11.4. The van der Waals surface area contributed by atoms with Gasteiger partial charge in [-0.25, -0.2) is 9.82 Å². The van der Waals surface area contributed by atoms with E-state index in [1.807, 2.05) is 0 Å². The number of hydrogen-bond acceptors (Lipinski definition) is 4. The summed E-state index contributed by atoms with van der Waals surface area (Å²) in [6, 6.07) is 11.3. The third kappa shape index (κ3) is 5.20. The molecule has 7 heteroatoms. The van der Waals surface area contributed by atoms with Gasteiger partial charge in [-0.05, 0) is 43.3 Å². The molecule has 6 nitrogen and oxygen atoms in total. The lowest BCUT2D eigenvalue weighted by Crippen LogP contribution is -2.21. The Morgan fingerprint density at radius 3 is 2.62 bits per heavy atom. The Bertz CT molecular complexity index is 790. The van der Waals surface area contributed by atoms with Crippen molar-refractivity contribution in [3.63, 3.8) is 0 Å². The van der Waals surface area contributed by atoms with E-state index in [-0.39, 0.29) is 23.6 Å². The van der Waals surface area contributed by atoms with Crippen molar-refractivity contribution in [2.75, 3.05) is 5.32 Å². The average molecular weight is 329 g/mol. The van der Waals surface area contributed by atoms with E-state index in [1.165, 1.54) is 42.5 Å². The standard InChI is InChI=1S/C17H16FN3O3/c1-11(8-16(23)19-14-6-3-5-13(18)10-14)20-21-17(24)12-4-2-7-15(22)9-12/h2-7,9-10,22H,8H2,1H3,(H,19,23)(H,21,24)/b20-11+. The quantitative estimate of drug-likeness (QED) is 0.582. The Morgan fingerprint density at radius 1 is 1.17 bits per heavy atom. The molecule has 2 aromatic carbocycles. The van der Waals surface area contributed by atoms with Gasteiger partial charge in [-0.3, -0.25) is 9.59 Å². The van der Waals surface area contributed by atoms with Crippen LogP contribution in [0.3, 0.4) is 0 Å². The molecule has 0 aliphatic heterocycles. The van der Waals surface area contributed by atoms with Gasteiger partial charge >= 0.3 is 0 Å². The second-order valence-corrected chi connectivity index (χ2v) is 5.07. The number of phenolic OH excluding ortho intramolecular Hbond substituents is 1. The Kier molecular flexibility index (Phi) is 5.62. The number of aromatic hydroxyl groups is 1. The lowest BCUT2D eigenvalue weighted by atomic mass is 10.2. The molecule has 0 saturated carbocycles. The number of rotatable bonds is 5. The Morgan fingerprint density at radius 2 is 1.92 bits per heavy atom. The van der Waals surface area contributed by atoms with Crippen LogP contribution in [0.1, 0.15) is 23.7 Å². The lowest BCUT2D eigenvalue weighted by molar-refractivity contribution is -0.115. The van der Waals surface area contributed by atoms with Crippen molar-refractivity contribution in [3.8, 4) is 5.75 Å². The molecule has 0 atom stereocenters. The van der Waals surface area contributed by atoms with E-state index >= 15 is 0 Å². The number of anilines is 1. The topological polar surface area (TPSA) is 90.8 Å². The molecular formula is C17H16FN3O3. The molecule has 0 spiro atoms. The minimum atomic E-state index is -0.504. The van der Waals surface area contributed by atoms with Crippen LogP contribution in [0.25, 0.3) is 0 Å². The van der Waals surface area contributed by atoms with Gasteiger partial charge < -0.3 is 10.4 Å². The average Bonchev–Trinajstić information content (AvgIpc) is 2.52. The summed E-state index contributed by atoms with van der Waals surface area (Å²) in [6.45, 7) is 1.58. The van der Waals surface area contributed by atoms with Crippen molar-refractivity contribution in [2.45, 2.75) is 13.3 Å². The summed E-state index contributed by atoms with van der Waals surface area (Å²) in [6.07, 6.45) is -0.0587. The molecule has 0 aliphatic rings. The third-order valence-electron chi connectivity index (χ3n) is 2.98. The largest absolute Gasteiger partial charge is 0.508 e. The number of halogens is 1. The van der Waals surface area contributed by atoms with E-state index in [4.69, 9.17) is 0 Å². The number of phenols is 1. The van der Waals surface area contributed by atoms with Crippen LogP contribution in [0.15, 0.2) is 53.6 Å². The molecule has 3 N–H and O–H groups in total. The molecular weight excluding hydrogens is 313 g/mol. The molecule has 0 radical (unpaired) electrons. The minimum Gasteiger partial charge on any atom is -0.508 e. The second-order valence-electron chi connectivity index (χ2n) is 5.07. The highest BCUT2D eigenvalue weighted by molar-refractivity contribution is 6.06. The molecule has 0 heterocycles. The first kappa shape index (κ1) is 17.1. The lowest BCUT2D eigenvalue weighted by Gasteiger charge is -2.06. The Hall–Kier alpha value is -3.22. The molecule has 0 bridgehead atoms. The number of benzene rings is 2. The van der Waals surface area contributed by atoms with Crippen molar-refractivity contribution >= 4 is 23.2 Å². The summed E-state index contributed by atoms with van der Waals surface area (Å²) in [4.78, 5) is 23.7. The maximum atomic E-state index is 13.0. The van der Waals surface area contributed by atoms with Crippen molar-refractivity contribution in [1.29, 1.82) is 0 Å². The Labute approximate surface area is 138 Å². The van der Waals surface area contributed by atoms with Gasteiger partial charge in [0.2, 0.25) is 5.91 Å². The highest BCUT2D eigenvalue weighted by Crippen LogP contribution is 2.11. The van der Waals surface area contributed by atoms with Crippen LogP contribution >= 0.6 is 0 Å². The van der Waals surface area contributed by atoms with Crippen LogP contribution < -0.4 is 10.7 Å². The van der Waals surface area contributed by atoms with Crippen LogP contribution in [0.4, 0.5) is 10.1 Å². The van der Waals surface area contributed by atoms with E-state index in [9.17, 15) is 19.1 Å². The first-order valence-corrected chi connectivity index (χ1v) is 7.12. The van der Waals surface area contributed by atoms with Gasteiger partial charge in [-0.15, -0.1) is 0 Å². The SMILES string of the molecule is C/C(CC(=O)Nc1cccc(F)c1)=N\NC(=O)c1cccc(O)c1. The van der Waals surface area contributed by atoms with Crippen LogP contribution in [0, 0.1) is 5.82 Å². The van der Waals surface area contributed by atoms with Crippen molar-refractivity contribution in [3.05, 3.63) is 59.9 Å². The van der Waals surface area contributed by atoms with Crippen molar-refractivity contribution < 1.29 is 19.1 Å². The molecule has 0 aliphatic carbocycles. The highest BCUT2D eigenvalue weighted by Gasteiger charge is 2.08. The molecule has 2 amide bonds. The minimum absolute atomic E-state index is 0.0298. The van der Waals surface area contributed by atoms with Gasteiger partial charge in [-0.1, -0.05) is 12.1 Å². The third-order valence-corrected chi connectivity index (χ3v) is 2.98. The monoisotopic (exact) mass is 329 g/mol. The van der Waals surface area contributed by atoms with Crippen LogP contribution in [0.2, 0.25) is 0 Å². The number of nitrogens with zero attached hydrogens (tertiary/aromatic N) is 1. The number of nitrogens with one attached hydrogen (secondary N) is 2. The predicted octanol–water partition coefficient (Wildman–Crippen LogP) is 2.67. The molecule has 2 rings (SSSR count). The number of hydrogen-bond donors (Lipinski definition) is 3. The van der Waals surface area contributed by atoms with Crippen LogP contribution in [-0.4, -0.2) is 22.6 Å². The van der Waals surface area contributed by atoms with Gasteiger partial charge in [0.15, 0.2) is 0 Å². The summed E-state index contributed by atoms with van der Waals surface area (Å²) < 4.78 is 13.0. The maximum absolute atomic E-state index is 13.0. The van der Waals surface area contributed by atoms with Crippen molar-refractivity contribution in [1.82, 2.24) is 5.43 Å². The van der Waals surface area contributed by atoms with E-state index in [0.29, 0.717) is 11.4 Å². The molecule has 0 saturated heterocycles. The van der Waals surface area contributed by atoms with Gasteiger partial charge in [0.1, 0.15) is 11.6 Å². The smallest absolute Gasteiger partial charge is 0.271 e. The molecule has 0 unspecified atom stereocenters. The van der Waals surface area contributed by atoms with Gasteiger partial charge in [0, 0.05) is 17.0 Å². The molecule has 0 aromatic heterocycles. The summed E-state index contributed by atoms with van der Waals surface area (Å²) >= 11 is 0. The highest BCUT2D eigenvalue weighted by atomic mass is 19.1. The maximum Gasteiger partial charge on any atom is 0.271 e. The van der Waals surface area contributed by atoms with Crippen LogP contribution in [-0.2, 0) is 4.79 Å². The van der Waals surface area contributed by atoms with E-state index in [2.05, 4.69) is 15.8 Å². The van der Waals surface area contributed by atoms with Gasteiger partial charge in [-0.2, -0.15) is 5.10 Å². The first-order valence-electron chi connectivity index (χ1n) is 7.12. The number of amides is 2. The fraction of sp³-hybridized carbons (Fsp3) is 0.118. The molecule has 124 valence electrons. The van der Waals surface area contributed by atoms with E-state index < -0.39 is 11.7 Å². The fourth-order valence-corrected chi connectivity index (χ4v) is 1.90. The zero-order valence-electron chi connectivity index (χ0n) is 12.9. The number of carbonyl (C=O) groups excluding carboxylic acids is 2. The summed E-state index contributed by atoms with van der Waals surface area (Å²) in [5, 5.41) is 15.7. The normalized spacial score (nSPS) is 11.0. The van der Waals surface area contributed by atoms with Gasteiger partial charge in [0.05, 0.1) is 6.42 Å². The molecule has 24 heavy (non-hydrogen) atoms. The second kappa shape index (κ2) is 7.87. The molecule has 0 fully saturated rings. The fourth-order valence-electron chi connectivity index (χ4n) is 1.90. The summed E-state index contributed by atoms with van der Waals surface area (Å²) in [5.74, 6) is -1.36. The Balaban J connectivity index is 1.89. The van der Waals surface area contributed by atoms with Crippen molar-refractivity contribution in [2.24, 2.45) is 5.10 Å². The zero-order valence-corrected chi connectivity index (χ0v) is 12.9. The number of carbonyl (C=O) groups is 2. The zero-order chi connectivity index (χ0) is 17.5. The van der Waals surface area contributed by atoms with Gasteiger partial charge in [0.25, 0.3) is 5.91 Å².